The maximum absolute atomic E-state index is 12.7. The van der Waals surface area contributed by atoms with Crippen molar-refractivity contribution < 1.29 is 24.1 Å². The van der Waals surface area contributed by atoms with Crippen LogP contribution >= 0.6 is 0 Å². The summed E-state index contributed by atoms with van der Waals surface area (Å²) in [6, 6.07) is 5.48. The van der Waals surface area contributed by atoms with E-state index in [1.807, 2.05) is 23.1 Å². The number of hydrogen-bond donors (Lipinski definition) is 1. The average molecular weight is 349 g/mol. The fourth-order valence-electron chi connectivity index (χ4n) is 3.82. The van der Waals surface area contributed by atoms with Gasteiger partial charge in [0.15, 0.2) is 0 Å². The van der Waals surface area contributed by atoms with Crippen LogP contribution in [0.25, 0.3) is 0 Å². The lowest BCUT2D eigenvalue weighted by atomic mass is 9.82. The Labute approximate surface area is 148 Å². The summed E-state index contributed by atoms with van der Waals surface area (Å²) in [5.41, 5.74) is 0.365. The van der Waals surface area contributed by atoms with Crippen molar-refractivity contribution >= 4 is 5.91 Å². The molecule has 2 heterocycles. The van der Waals surface area contributed by atoms with Gasteiger partial charge in [-0.25, -0.2) is 0 Å². The van der Waals surface area contributed by atoms with Crippen molar-refractivity contribution in [3.63, 3.8) is 0 Å². The zero-order valence-electron chi connectivity index (χ0n) is 15.0. The lowest BCUT2D eigenvalue weighted by Gasteiger charge is -2.46. The second kappa shape index (κ2) is 7.62. The Morgan fingerprint density at radius 2 is 2.08 bits per heavy atom. The first-order valence-electron chi connectivity index (χ1n) is 8.89. The molecular formula is C19H27NO5. The molecule has 0 bridgehead atoms. The molecule has 0 saturated carbocycles. The van der Waals surface area contributed by atoms with E-state index in [1.54, 1.807) is 14.2 Å². The van der Waals surface area contributed by atoms with Crippen molar-refractivity contribution in [3.8, 4) is 11.5 Å². The lowest BCUT2D eigenvalue weighted by Crippen LogP contribution is -2.56. The van der Waals surface area contributed by atoms with Crippen LogP contribution in [-0.2, 0) is 16.0 Å². The number of carbonyl (C=O) groups is 1. The van der Waals surface area contributed by atoms with Crippen LogP contribution in [0.4, 0.5) is 0 Å². The predicted molar refractivity (Wildman–Crippen MR) is 93.0 cm³/mol. The van der Waals surface area contributed by atoms with Gasteiger partial charge in [0, 0.05) is 25.3 Å². The summed E-state index contributed by atoms with van der Waals surface area (Å²) in [6.07, 6.45) is 2.93. The fourth-order valence-corrected chi connectivity index (χ4v) is 3.82. The highest BCUT2D eigenvalue weighted by atomic mass is 16.5. The summed E-state index contributed by atoms with van der Waals surface area (Å²) in [4.78, 5) is 14.6. The highest BCUT2D eigenvalue weighted by molar-refractivity contribution is 5.79. The number of likely N-dealkylation sites (tertiary alicyclic amines) is 1. The van der Waals surface area contributed by atoms with Crippen molar-refractivity contribution in [2.45, 2.75) is 43.8 Å². The quantitative estimate of drug-likeness (QED) is 0.897. The summed E-state index contributed by atoms with van der Waals surface area (Å²) in [6.45, 7) is 1.93. The molecule has 0 aliphatic carbocycles. The number of benzene rings is 1. The van der Waals surface area contributed by atoms with E-state index in [-0.39, 0.29) is 12.3 Å². The molecule has 3 rings (SSSR count). The molecule has 0 radical (unpaired) electrons. The van der Waals surface area contributed by atoms with E-state index in [0.29, 0.717) is 44.0 Å². The van der Waals surface area contributed by atoms with E-state index in [4.69, 9.17) is 14.2 Å². The summed E-state index contributed by atoms with van der Waals surface area (Å²) in [5.74, 6) is 1.46. The van der Waals surface area contributed by atoms with Crippen LogP contribution < -0.4 is 9.47 Å². The van der Waals surface area contributed by atoms with Gasteiger partial charge in [0.1, 0.15) is 11.5 Å². The van der Waals surface area contributed by atoms with E-state index in [1.165, 1.54) is 0 Å². The molecule has 1 spiro atoms. The zero-order chi connectivity index (χ0) is 17.9. The van der Waals surface area contributed by atoms with Crippen LogP contribution in [0.15, 0.2) is 18.2 Å². The number of methoxy groups -OCH3 is 2. The average Bonchev–Trinajstić information content (AvgIpc) is 2.64. The van der Waals surface area contributed by atoms with Gasteiger partial charge in [0.05, 0.1) is 32.3 Å². The molecule has 2 aliphatic rings. The van der Waals surface area contributed by atoms with Crippen LogP contribution in [0.1, 0.15) is 31.2 Å². The zero-order valence-corrected chi connectivity index (χ0v) is 15.0. The molecule has 6 nitrogen and oxygen atoms in total. The highest BCUT2D eigenvalue weighted by Gasteiger charge is 2.44. The minimum atomic E-state index is -0.456. The van der Waals surface area contributed by atoms with Crippen LogP contribution in [-0.4, -0.2) is 61.5 Å². The second-order valence-corrected chi connectivity index (χ2v) is 6.81. The maximum atomic E-state index is 12.7. The topological polar surface area (TPSA) is 68.2 Å². The van der Waals surface area contributed by atoms with Crippen molar-refractivity contribution in [2.75, 3.05) is 33.9 Å². The SMILES string of the molecule is COc1ccc(OC)c(CC(=O)N2CCC3(CC2)OCCCC3O)c1. The Balaban J connectivity index is 1.63. The van der Waals surface area contributed by atoms with Crippen molar-refractivity contribution in [1.82, 2.24) is 4.90 Å². The Hall–Kier alpha value is -1.79. The standard InChI is InChI=1S/C19H27NO5/c1-23-15-5-6-16(24-2)14(12-15)13-18(22)20-9-7-19(8-10-20)17(21)4-3-11-25-19/h5-6,12,17,21H,3-4,7-11,13H2,1-2H3. The third-order valence-electron chi connectivity index (χ3n) is 5.41. The monoisotopic (exact) mass is 349 g/mol. The van der Waals surface area contributed by atoms with Crippen LogP contribution in [0, 0.1) is 0 Å². The number of nitrogens with zero attached hydrogens (tertiary/aromatic N) is 1. The number of amides is 1. The molecule has 1 aromatic rings. The van der Waals surface area contributed by atoms with E-state index in [2.05, 4.69) is 0 Å². The Morgan fingerprint density at radius 3 is 2.72 bits per heavy atom. The van der Waals surface area contributed by atoms with Gasteiger partial charge in [-0.15, -0.1) is 0 Å². The Morgan fingerprint density at radius 1 is 1.32 bits per heavy atom. The molecule has 2 fully saturated rings. The lowest BCUT2D eigenvalue weighted by molar-refractivity contribution is -0.179. The molecule has 138 valence electrons. The van der Waals surface area contributed by atoms with Crippen LogP contribution in [0.5, 0.6) is 11.5 Å². The first-order chi connectivity index (χ1) is 12.1. The van der Waals surface area contributed by atoms with Gasteiger partial charge < -0.3 is 24.2 Å². The summed E-state index contributed by atoms with van der Waals surface area (Å²) < 4.78 is 16.5. The number of piperidine rings is 1. The molecule has 1 N–H and O–H groups in total. The van der Waals surface area contributed by atoms with Crippen molar-refractivity contribution in [3.05, 3.63) is 23.8 Å². The van der Waals surface area contributed by atoms with E-state index in [0.717, 1.165) is 18.4 Å². The van der Waals surface area contributed by atoms with Gasteiger partial charge >= 0.3 is 0 Å². The van der Waals surface area contributed by atoms with Crippen LogP contribution in [0.3, 0.4) is 0 Å². The highest BCUT2D eigenvalue weighted by Crippen LogP contribution is 2.35. The number of aliphatic hydroxyl groups is 1. The molecule has 1 aromatic carbocycles. The number of rotatable bonds is 4. The van der Waals surface area contributed by atoms with Gasteiger partial charge in [-0.2, -0.15) is 0 Å². The Kier molecular flexibility index (Phi) is 5.49. The minimum absolute atomic E-state index is 0.0618. The molecule has 1 atom stereocenters. The molecule has 25 heavy (non-hydrogen) atoms. The van der Waals surface area contributed by atoms with Gasteiger partial charge in [-0.05, 0) is 43.9 Å². The number of aliphatic hydroxyl groups excluding tert-OH is 1. The van der Waals surface area contributed by atoms with E-state index >= 15 is 0 Å². The van der Waals surface area contributed by atoms with Crippen molar-refractivity contribution in [2.24, 2.45) is 0 Å². The van der Waals surface area contributed by atoms with Gasteiger partial charge in [-0.3, -0.25) is 4.79 Å². The summed E-state index contributed by atoms with van der Waals surface area (Å²) in [7, 11) is 3.20. The first-order valence-corrected chi connectivity index (χ1v) is 8.89. The number of carbonyl (C=O) groups excluding carboxylic acids is 1. The molecule has 2 saturated heterocycles. The molecule has 6 heteroatoms. The smallest absolute Gasteiger partial charge is 0.227 e. The summed E-state index contributed by atoms with van der Waals surface area (Å²) >= 11 is 0. The predicted octanol–water partition coefficient (Wildman–Crippen LogP) is 1.78. The van der Waals surface area contributed by atoms with Crippen LogP contribution in [0.2, 0.25) is 0 Å². The minimum Gasteiger partial charge on any atom is -0.497 e. The third-order valence-corrected chi connectivity index (χ3v) is 5.41. The molecule has 2 aliphatic heterocycles. The fraction of sp³-hybridized carbons (Fsp3) is 0.632. The molecule has 0 aromatic heterocycles. The summed E-state index contributed by atoms with van der Waals surface area (Å²) in [5, 5.41) is 10.3. The van der Waals surface area contributed by atoms with Crippen molar-refractivity contribution in [1.29, 1.82) is 0 Å². The largest absolute Gasteiger partial charge is 0.497 e. The van der Waals surface area contributed by atoms with E-state index in [9.17, 15) is 9.90 Å². The normalized spacial score (nSPS) is 22.7. The van der Waals surface area contributed by atoms with E-state index < -0.39 is 11.7 Å². The first kappa shape index (κ1) is 18.0. The molecule has 1 unspecified atom stereocenters. The third kappa shape index (κ3) is 3.75. The van der Waals surface area contributed by atoms with Gasteiger partial charge in [0.2, 0.25) is 5.91 Å². The molecular weight excluding hydrogens is 322 g/mol. The second-order valence-electron chi connectivity index (χ2n) is 6.81. The molecule has 1 amide bonds. The van der Waals surface area contributed by atoms with Gasteiger partial charge in [0.25, 0.3) is 0 Å². The maximum Gasteiger partial charge on any atom is 0.227 e. The Bertz CT molecular complexity index is 610. The number of ether oxygens (including phenoxy) is 3. The van der Waals surface area contributed by atoms with Gasteiger partial charge in [-0.1, -0.05) is 0 Å². The number of hydrogen-bond acceptors (Lipinski definition) is 5.